The predicted molar refractivity (Wildman–Crippen MR) is 85.3 cm³/mol. The second-order valence-corrected chi connectivity index (χ2v) is 5.92. The summed E-state index contributed by atoms with van der Waals surface area (Å²) in [5, 5.41) is 22.5. The molecule has 4 nitrogen and oxygen atoms in total. The Kier molecular flexibility index (Phi) is 6.82. The van der Waals surface area contributed by atoms with Gasteiger partial charge in [-0.05, 0) is 44.0 Å². The summed E-state index contributed by atoms with van der Waals surface area (Å²) in [7, 11) is 0. The van der Waals surface area contributed by atoms with E-state index in [1.54, 1.807) is 13.8 Å². The molecule has 0 aliphatic heterocycles. The normalized spacial score (nSPS) is 14.2. The molecule has 2 atom stereocenters. The quantitative estimate of drug-likeness (QED) is 0.684. The third-order valence-electron chi connectivity index (χ3n) is 2.92. The highest BCUT2D eigenvalue weighted by Crippen LogP contribution is 2.19. The summed E-state index contributed by atoms with van der Waals surface area (Å²) >= 11 is 0. The molecule has 1 rings (SSSR count). The molecule has 1 aromatic carbocycles. The van der Waals surface area contributed by atoms with Crippen molar-refractivity contribution in [1.29, 1.82) is 0 Å². The predicted octanol–water partition coefficient (Wildman–Crippen LogP) is 2.32. The Balaban J connectivity index is 2.71. The van der Waals surface area contributed by atoms with Crippen LogP contribution in [0.5, 0.6) is 0 Å². The van der Waals surface area contributed by atoms with E-state index < -0.39 is 12.2 Å². The fourth-order valence-corrected chi connectivity index (χ4v) is 2.04. The second kappa shape index (κ2) is 8.12. The Morgan fingerprint density at radius 1 is 0.950 bits per heavy atom. The number of benzene rings is 1. The third-order valence-corrected chi connectivity index (χ3v) is 2.92. The number of aliphatic hydroxyl groups excluding tert-OH is 2. The standard InChI is InChI=1S/C16H28N2O2/c1-12(2)9-17-15-5-7-16(8-6-15)18(10-13(3)19)11-14(4)20/h5-8,12-14,17,19-20H,9-11H2,1-4H3. The lowest BCUT2D eigenvalue weighted by atomic mass is 10.2. The Morgan fingerprint density at radius 2 is 1.45 bits per heavy atom. The number of rotatable bonds is 8. The lowest BCUT2D eigenvalue weighted by Crippen LogP contribution is -2.36. The van der Waals surface area contributed by atoms with E-state index in [-0.39, 0.29) is 0 Å². The van der Waals surface area contributed by atoms with Crippen LogP contribution in [0, 0.1) is 5.92 Å². The number of hydrogen-bond donors (Lipinski definition) is 3. The number of nitrogens with one attached hydrogen (secondary N) is 1. The van der Waals surface area contributed by atoms with E-state index in [1.165, 1.54) is 0 Å². The lowest BCUT2D eigenvalue weighted by Gasteiger charge is -2.27. The zero-order chi connectivity index (χ0) is 15.1. The lowest BCUT2D eigenvalue weighted by molar-refractivity contribution is 0.178. The van der Waals surface area contributed by atoms with Gasteiger partial charge in [0, 0.05) is 31.0 Å². The van der Waals surface area contributed by atoms with Gasteiger partial charge in [0.05, 0.1) is 12.2 Å². The molecule has 2 unspecified atom stereocenters. The van der Waals surface area contributed by atoms with Crippen molar-refractivity contribution in [3.05, 3.63) is 24.3 Å². The number of aliphatic hydroxyl groups is 2. The van der Waals surface area contributed by atoms with Crippen molar-refractivity contribution < 1.29 is 10.2 Å². The molecule has 0 amide bonds. The maximum atomic E-state index is 9.56. The smallest absolute Gasteiger partial charge is 0.0687 e. The maximum Gasteiger partial charge on any atom is 0.0687 e. The van der Waals surface area contributed by atoms with Gasteiger partial charge in [0.1, 0.15) is 0 Å². The fraction of sp³-hybridized carbons (Fsp3) is 0.625. The van der Waals surface area contributed by atoms with Crippen molar-refractivity contribution in [2.75, 3.05) is 29.9 Å². The Labute approximate surface area is 122 Å². The number of anilines is 2. The van der Waals surface area contributed by atoms with Gasteiger partial charge in [-0.2, -0.15) is 0 Å². The monoisotopic (exact) mass is 280 g/mol. The molecule has 0 saturated carbocycles. The van der Waals surface area contributed by atoms with E-state index >= 15 is 0 Å². The van der Waals surface area contributed by atoms with Crippen molar-refractivity contribution in [2.24, 2.45) is 5.92 Å². The summed E-state index contributed by atoms with van der Waals surface area (Å²) in [5.74, 6) is 0.608. The highest BCUT2D eigenvalue weighted by atomic mass is 16.3. The molecule has 114 valence electrons. The van der Waals surface area contributed by atoms with Crippen LogP contribution in [0.1, 0.15) is 27.7 Å². The van der Waals surface area contributed by atoms with Crippen LogP contribution >= 0.6 is 0 Å². The summed E-state index contributed by atoms with van der Waals surface area (Å²) in [4.78, 5) is 2.00. The van der Waals surface area contributed by atoms with Crippen molar-refractivity contribution in [3.63, 3.8) is 0 Å². The molecule has 4 heteroatoms. The molecule has 0 aliphatic rings. The van der Waals surface area contributed by atoms with Crippen molar-refractivity contribution in [3.8, 4) is 0 Å². The Morgan fingerprint density at radius 3 is 1.85 bits per heavy atom. The fourth-order valence-electron chi connectivity index (χ4n) is 2.04. The average molecular weight is 280 g/mol. The first-order valence-corrected chi connectivity index (χ1v) is 7.33. The van der Waals surface area contributed by atoms with Crippen LogP contribution in [-0.4, -0.2) is 42.1 Å². The van der Waals surface area contributed by atoms with Gasteiger partial charge in [-0.3, -0.25) is 0 Å². The first-order chi connectivity index (χ1) is 9.38. The zero-order valence-electron chi connectivity index (χ0n) is 13.0. The van der Waals surface area contributed by atoms with Crippen molar-refractivity contribution >= 4 is 11.4 Å². The van der Waals surface area contributed by atoms with Gasteiger partial charge in [-0.25, -0.2) is 0 Å². The first-order valence-electron chi connectivity index (χ1n) is 7.33. The van der Waals surface area contributed by atoms with Gasteiger partial charge in [-0.15, -0.1) is 0 Å². The molecule has 0 aliphatic carbocycles. The number of nitrogens with zero attached hydrogens (tertiary/aromatic N) is 1. The molecular weight excluding hydrogens is 252 g/mol. The minimum Gasteiger partial charge on any atom is -0.392 e. The van der Waals surface area contributed by atoms with Crippen molar-refractivity contribution in [2.45, 2.75) is 39.9 Å². The van der Waals surface area contributed by atoms with Crippen LogP contribution in [0.15, 0.2) is 24.3 Å². The first kappa shape index (κ1) is 16.8. The molecule has 0 spiro atoms. The third kappa shape index (κ3) is 6.26. The number of hydrogen-bond acceptors (Lipinski definition) is 4. The summed E-state index contributed by atoms with van der Waals surface area (Å²) in [6, 6.07) is 8.12. The minimum absolute atomic E-state index is 0.424. The highest BCUT2D eigenvalue weighted by molar-refractivity contribution is 5.55. The minimum atomic E-state index is -0.424. The Bertz CT molecular complexity index is 365. The largest absolute Gasteiger partial charge is 0.392 e. The molecule has 0 radical (unpaired) electrons. The van der Waals surface area contributed by atoms with E-state index in [0.29, 0.717) is 19.0 Å². The van der Waals surface area contributed by atoms with E-state index in [0.717, 1.165) is 17.9 Å². The van der Waals surface area contributed by atoms with Crippen molar-refractivity contribution in [1.82, 2.24) is 0 Å². The van der Waals surface area contributed by atoms with Gasteiger partial charge >= 0.3 is 0 Å². The molecule has 1 aromatic rings. The zero-order valence-corrected chi connectivity index (χ0v) is 13.0. The van der Waals surface area contributed by atoms with Gasteiger partial charge in [-0.1, -0.05) is 13.8 Å². The van der Waals surface area contributed by atoms with Gasteiger partial charge < -0.3 is 20.4 Å². The Hall–Kier alpha value is -1.26. The molecule has 0 heterocycles. The van der Waals surface area contributed by atoms with Gasteiger partial charge in [0.25, 0.3) is 0 Å². The molecule has 0 saturated heterocycles. The van der Waals surface area contributed by atoms with Crippen LogP contribution in [0.4, 0.5) is 11.4 Å². The molecule has 0 fully saturated rings. The van der Waals surface area contributed by atoms with E-state index in [1.807, 2.05) is 29.2 Å². The molecule has 0 bridgehead atoms. The van der Waals surface area contributed by atoms with E-state index in [2.05, 4.69) is 19.2 Å². The SMILES string of the molecule is CC(C)CNc1ccc(N(CC(C)O)CC(C)O)cc1. The average Bonchev–Trinajstić information content (AvgIpc) is 2.35. The van der Waals surface area contributed by atoms with Crippen LogP contribution in [0.25, 0.3) is 0 Å². The maximum absolute atomic E-state index is 9.56. The van der Waals surface area contributed by atoms with Crippen LogP contribution in [0.3, 0.4) is 0 Å². The summed E-state index contributed by atoms with van der Waals surface area (Å²) in [5.41, 5.74) is 2.11. The van der Waals surface area contributed by atoms with Gasteiger partial charge in [0.15, 0.2) is 0 Å². The molecule has 0 aromatic heterocycles. The van der Waals surface area contributed by atoms with Crippen LogP contribution in [0.2, 0.25) is 0 Å². The second-order valence-electron chi connectivity index (χ2n) is 5.92. The summed E-state index contributed by atoms with van der Waals surface area (Å²) in [6.45, 7) is 9.85. The van der Waals surface area contributed by atoms with Crippen LogP contribution < -0.4 is 10.2 Å². The van der Waals surface area contributed by atoms with E-state index in [4.69, 9.17) is 0 Å². The molecular formula is C16H28N2O2. The topological polar surface area (TPSA) is 55.7 Å². The molecule has 3 N–H and O–H groups in total. The van der Waals surface area contributed by atoms with Gasteiger partial charge in [0.2, 0.25) is 0 Å². The highest BCUT2D eigenvalue weighted by Gasteiger charge is 2.11. The van der Waals surface area contributed by atoms with Crippen LogP contribution in [-0.2, 0) is 0 Å². The summed E-state index contributed by atoms with van der Waals surface area (Å²) < 4.78 is 0. The summed E-state index contributed by atoms with van der Waals surface area (Å²) in [6.07, 6.45) is -0.847. The molecule has 20 heavy (non-hydrogen) atoms. The van der Waals surface area contributed by atoms with E-state index in [9.17, 15) is 10.2 Å².